The molecule has 9 heteroatoms. The summed E-state index contributed by atoms with van der Waals surface area (Å²) in [7, 11) is 0. The van der Waals surface area contributed by atoms with Crippen LogP contribution in [0.5, 0.6) is 0 Å². The van der Waals surface area contributed by atoms with E-state index in [-0.39, 0.29) is 24.4 Å². The number of carbonyl (C=O) groups is 2. The predicted molar refractivity (Wildman–Crippen MR) is 145 cm³/mol. The normalized spacial score (nSPS) is 17.9. The van der Waals surface area contributed by atoms with Crippen molar-refractivity contribution in [2.45, 2.75) is 39.8 Å². The van der Waals surface area contributed by atoms with Crippen LogP contribution >= 0.6 is 11.6 Å². The van der Waals surface area contributed by atoms with Crippen molar-refractivity contribution in [3.8, 4) is 0 Å². The Labute approximate surface area is 223 Å². The van der Waals surface area contributed by atoms with Crippen LogP contribution in [0.1, 0.15) is 43.1 Å². The Kier molecular flexibility index (Phi) is 9.05. The molecule has 1 fully saturated rings. The first-order valence-electron chi connectivity index (χ1n) is 13.0. The lowest BCUT2D eigenvalue weighted by molar-refractivity contribution is -0.116. The van der Waals surface area contributed by atoms with E-state index in [2.05, 4.69) is 23.6 Å². The van der Waals surface area contributed by atoms with Crippen molar-refractivity contribution >= 4 is 34.8 Å². The van der Waals surface area contributed by atoms with E-state index in [1.54, 1.807) is 28.0 Å². The molecule has 0 N–H and O–H groups in total. The molecule has 0 spiro atoms. The SMILES string of the molecule is CC(=O)N1CCCN(C(C)C)CCN(C(=O)c2ccc(Cl)c(N3CCOCC3)c2)Cc2ccc(F)cc21. The molecule has 37 heavy (non-hydrogen) atoms. The second-order valence-electron chi connectivity index (χ2n) is 9.92. The van der Waals surface area contributed by atoms with Gasteiger partial charge in [0.15, 0.2) is 0 Å². The van der Waals surface area contributed by atoms with Gasteiger partial charge in [-0.3, -0.25) is 14.5 Å². The highest BCUT2D eigenvalue weighted by molar-refractivity contribution is 6.33. The molecule has 7 nitrogen and oxygen atoms in total. The van der Waals surface area contributed by atoms with Gasteiger partial charge in [0, 0.05) is 64.3 Å². The van der Waals surface area contributed by atoms with Crippen molar-refractivity contribution in [2.75, 3.05) is 62.3 Å². The van der Waals surface area contributed by atoms with Gasteiger partial charge in [-0.1, -0.05) is 17.7 Å². The zero-order valence-electron chi connectivity index (χ0n) is 21.9. The molecule has 0 unspecified atom stereocenters. The van der Waals surface area contributed by atoms with Gasteiger partial charge in [-0.25, -0.2) is 4.39 Å². The lowest BCUT2D eigenvalue weighted by atomic mass is 10.1. The van der Waals surface area contributed by atoms with Gasteiger partial charge in [-0.05, 0) is 56.2 Å². The van der Waals surface area contributed by atoms with Crippen molar-refractivity contribution in [3.05, 3.63) is 58.4 Å². The van der Waals surface area contributed by atoms with Gasteiger partial charge in [0.25, 0.3) is 5.91 Å². The minimum absolute atomic E-state index is 0.126. The molecule has 2 aromatic carbocycles. The van der Waals surface area contributed by atoms with Crippen molar-refractivity contribution in [2.24, 2.45) is 0 Å². The third-order valence-corrected chi connectivity index (χ3v) is 7.45. The van der Waals surface area contributed by atoms with Crippen LogP contribution in [-0.4, -0.2) is 80.1 Å². The summed E-state index contributed by atoms with van der Waals surface area (Å²) in [5.74, 6) is -0.680. The van der Waals surface area contributed by atoms with Gasteiger partial charge in [0.05, 0.1) is 29.6 Å². The number of halogens is 2. The maximum Gasteiger partial charge on any atom is 0.254 e. The van der Waals surface area contributed by atoms with Gasteiger partial charge in [-0.15, -0.1) is 0 Å². The smallest absolute Gasteiger partial charge is 0.254 e. The topological polar surface area (TPSA) is 56.3 Å². The maximum absolute atomic E-state index is 14.3. The molecule has 0 saturated carbocycles. The Morgan fingerprint density at radius 1 is 0.946 bits per heavy atom. The number of benzene rings is 2. The average molecular weight is 531 g/mol. The molecule has 2 aromatic rings. The Morgan fingerprint density at radius 3 is 2.41 bits per heavy atom. The standard InChI is InChI=1S/C28H36ClFN4O3/c1-20(2)31-9-4-10-34(21(3)35)26-18-24(30)7-5-23(26)19-33(12-11-31)28(36)22-6-8-25(29)27(17-22)32-13-15-37-16-14-32/h5-8,17-18,20H,4,9-16,19H2,1-3H3. The number of morpholine rings is 1. The summed E-state index contributed by atoms with van der Waals surface area (Å²) >= 11 is 6.52. The fraction of sp³-hybridized carbons (Fsp3) is 0.500. The fourth-order valence-corrected chi connectivity index (χ4v) is 5.25. The van der Waals surface area contributed by atoms with Crippen molar-refractivity contribution in [1.29, 1.82) is 0 Å². The lowest BCUT2D eigenvalue weighted by Gasteiger charge is -2.31. The van der Waals surface area contributed by atoms with E-state index < -0.39 is 5.82 Å². The number of amides is 2. The Hall–Kier alpha value is -2.68. The number of nitrogens with zero attached hydrogens (tertiary/aromatic N) is 4. The number of hydrogen-bond acceptors (Lipinski definition) is 5. The highest BCUT2D eigenvalue weighted by Gasteiger charge is 2.25. The molecule has 0 aromatic heterocycles. The molecule has 4 rings (SSSR count). The molecule has 200 valence electrons. The van der Waals surface area contributed by atoms with E-state index in [1.807, 2.05) is 6.07 Å². The summed E-state index contributed by atoms with van der Waals surface area (Å²) in [6.45, 7) is 11.1. The molecule has 0 atom stereocenters. The molecular formula is C28H36ClFN4O3. The Morgan fingerprint density at radius 2 is 1.70 bits per heavy atom. The number of rotatable bonds is 3. The highest BCUT2D eigenvalue weighted by Crippen LogP contribution is 2.30. The van der Waals surface area contributed by atoms with Crippen molar-refractivity contribution in [1.82, 2.24) is 9.80 Å². The maximum atomic E-state index is 14.3. The average Bonchev–Trinajstić information content (AvgIpc) is 2.91. The van der Waals surface area contributed by atoms with Crippen LogP contribution in [0.3, 0.4) is 0 Å². The number of anilines is 2. The fourth-order valence-electron chi connectivity index (χ4n) is 5.01. The molecule has 0 aliphatic carbocycles. The van der Waals surface area contributed by atoms with E-state index in [9.17, 15) is 14.0 Å². The predicted octanol–water partition coefficient (Wildman–Crippen LogP) is 4.43. The van der Waals surface area contributed by atoms with Gasteiger partial charge in [0.2, 0.25) is 5.91 Å². The summed E-state index contributed by atoms with van der Waals surface area (Å²) < 4.78 is 19.8. The first kappa shape index (κ1) is 27.4. The van der Waals surface area contributed by atoms with Gasteiger partial charge < -0.3 is 19.4 Å². The zero-order chi connectivity index (χ0) is 26.5. The molecule has 0 bridgehead atoms. The number of ether oxygens (including phenoxy) is 1. The monoisotopic (exact) mass is 530 g/mol. The van der Waals surface area contributed by atoms with Gasteiger partial charge in [-0.2, -0.15) is 0 Å². The summed E-state index contributed by atoms with van der Waals surface area (Å²) in [5.41, 5.74) is 2.63. The van der Waals surface area contributed by atoms with Gasteiger partial charge >= 0.3 is 0 Å². The summed E-state index contributed by atoms with van der Waals surface area (Å²) in [6, 6.07) is 10.1. The number of hydrogen-bond donors (Lipinski definition) is 0. The minimum Gasteiger partial charge on any atom is -0.378 e. The van der Waals surface area contributed by atoms with Crippen LogP contribution in [0.2, 0.25) is 5.02 Å². The number of fused-ring (bicyclic) bond motifs is 1. The molecular weight excluding hydrogens is 495 g/mol. The van der Waals surface area contributed by atoms with Crippen LogP contribution in [0, 0.1) is 5.82 Å². The van der Waals surface area contributed by atoms with Crippen molar-refractivity contribution < 1.29 is 18.7 Å². The van der Waals surface area contributed by atoms with Crippen LogP contribution in [0.4, 0.5) is 15.8 Å². The molecule has 2 aliphatic heterocycles. The Bertz CT molecular complexity index is 1120. The van der Waals surface area contributed by atoms with E-state index in [1.165, 1.54) is 19.1 Å². The van der Waals surface area contributed by atoms with Crippen LogP contribution in [0.25, 0.3) is 0 Å². The van der Waals surface area contributed by atoms with Crippen LogP contribution in [-0.2, 0) is 16.1 Å². The first-order chi connectivity index (χ1) is 17.7. The van der Waals surface area contributed by atoms with E-state index in [0.29, 0.717) is 62.2 Å². The quantitative estimate of drug-likeness (QED) is 0.588. The first-order valence-corrected chi connectivity index (χ1v) is 13.3. The van der Waals surface area contributed by atoms with Crippen LogP contribution in [0.15, 0.2) is 36.4 Å². The Balaban J connectivity index is 1.70. The third-order valence-electron chi connectivity index (χ3n) is 7.13. The second kappa shape index (κ2) is 12.2. The van der Waals surface area contributed by atoms with Crippen LogP contribution < -0.4 is 9.80 Å². The third kappa shape index (κ3) is 6.61. The van der Waals surface area contributed by atoms with E-state index >= 15 is 0 Å². The second-order valence-corrected chi connectivity index (χ2v) is 10.3. The number of carbonyl (C=O) groups excluding carboxylic acids is 2. The molecule has 1 saturated heterocycles. The summed E-state index contributed by atoms with van der Waals surface area (Å²) in [4.78, 5) is 34.4. The lowest BCUT2D eigenvalue weighted by Crippen LogP contribution is -2.41. The summed E-state index contributed by atoms with van der Waals surface area (Å²) in [5, 5.41) is 0.597. The molecule has 2 aliphatic rings. The van der Waals surface area contributed by atoms with E-state index in [4.69, 9.17) is 16.3 Å². The highest BCUT2D eigenvalue weighted by atomic mass is 35.5. The molecule has 2 heterocycles. The van der Waals surface area contributed by atoms with Gasteiger partial charge in [0.1, 0.15) is 5.82 Å². The van der Waals surface area contributed by atoms with Crippen molar-refractivity contribution in [3.63, 3.8) is 0 Å². The van der Waals surface area contributed by atoms with E-state index in [0.717, 1.165) is 24.2 Å². The molecule has 2 amide bonds. The minimum atomic E-state index is -0.408. The zero-order valence-corrected chi connectivity index (χ0v) is 22.6. The summed E-state index contributed by atoms with van der Waals surface area (Å²) in [6.07, 6.45) is 0.752. The molecule has 0 radical (unpaired) electrons. The largest absolute Gasteiger partial charge is 0.378 e.